The van der Waals surface area contributed by atoms with Crippen LogP contribution in [-0.2, 0) is 28.5 Å². The van der Waals surface area contributed by atoms with Gasteiger partial charge in [0.15, 0.2) is 5.79 Å². The van der Waals surface area contributed by atoms with Gasteiger partial charge in [-0.2, -0.15) is 0 Å². The van der Waals surface area contributed by atoms with Crippen molar-refractivity contribution in [3.05, 3.63) is 12.2 Å². The summed E-state index contributed by atoms with van der Waals surface area (Å²) in [6.07, 6.45) is -0.952. The van der Waals surface area contributed by atoms with Crippen LogP contribution in [0.5, 0.6) is 0 Å². The highest BCUT2D eigenvalue weighted by Gasteiger charge is 2.61. The smallest absolute Gasteiger partial charge is 0.334 e. The van der Waals surface area contributed by atoms with Crippen molar-refractivity contribution < 1.29 is 33.6 Å². The van der Waals surface area contributed by atoms with Gasteiger partial charge in [0.25, 0.3) is 0 Å². The molecule has 3 aliphatic rings. The minimum Gasteiger partial charge on any atom is -0.461 e. The van der Waals surface area contributed by atoms with E-state index in [1.54, 1.807) is 27.9 Å². The third kappa shape index (κ3) is 3.30. The van der Waals surface area contributed by atoms with E-state index in [1.807, 2.05) is 6.92 Å². The lowest BCUT2D eigenvalue weighted by atomic mass is 9.78. The SMILES string of the molecule is C=C1C(=O)O[C@@H]2C[C@H](C)[C@@]3(OC)C[C@H](O)[C@@](C)(C[C@@H](OC(=O)C(C)C)[C@@H]12)O3. The van der Waals surface area contributed by atoms with Crippen LogP contribution < -0.4 is 0 Å². The molecule has 0 aromatic rings. The van der Waals surface area contributed by atoms with Crippen molar-refractivity contribution >= 4 is 11.9 Å². The first-order valence-electron chi connectivity index (χ1n) is 9.56. The molecule has 3 saturated heterocycles. The molecule has 0 saturated carbocycles. The zero-order valence-electron chi connectivity index (χ0n) is 16.7. The Morgan fingerprint density at radius 3 is 2.63 bits per heavy atom. The van der Waals surface area contributed by atoms with E-state index in [9.17, 15) is 14.7 Å². The molecule has 3 heterocycles. The predicted octanol–water partition coefficient (Wildman–Crippen LogP) is 1.96. The topological polar surface area (TPSA) is 91.3 Å². The molecule has 3 rings (SSSR count). The van der Waals surface area contributed by atoms with Gasteiger partial charge in [-0.1, -0.05) is 27.4 Å². The maximum atomic E-state index is 12.3. The number of hydrogen-bond acceptors (Lipinski definition) is 7. The summed E-state index contributed by atoms with van der Waals surface area (Å²) in [4.78, 5) is 24.6. The van der Waals surface area contributed by atoms with E-state index in [0.717, 1.165) is 0 Å². The Labute approximate surface area is 160 Å². The Balaban J connectivity index is 2.03. The van der Waals surface area contributed by atoms with Crippen molar-refractivity contribution in [3.63, 3.8) is 0 Å². The molecule has 27 heavy (non-hydrogen) atoms. The summed E-state index contributed by atoms with van der Waals surface area (Å²) in [7, 11) is 1.56. The summed E-state index contributed by atoms with van der Waals surface area (Å²) in [5, 5.41) is 10.8. The third-order valence-electron chi connectivity index (χ3n) is 6.34. The van der Waals surface area contributed by atoms with Gasteiger partial charge >= 0.3 is 11.9 Å². The highest BCUT2D eigenvalue weighted by atomic mass is 16.7. The molecule has 2 bridgehead atoms. The molecule has 0 aliphatic carbocycles. The standard InChI is InChI=1S/C20H30O7/c1-10(2)17(22)26-14-8-19(5)15(21)9-20(24-6,27-19)11(3)7-13-16(14)12(4)18(23)25-13/h10-11,13-16,21H,4,7-9H2,1-3,5-6H3/t11-,13+,14+,15-,16-,19+,20+/m0/s1. The summed E-state index contributed by atoms with van der Waals surface area (Å²) in [5.41, 5.74) is -0.677. The lowest BCUT2D eigenvalue weighted by Gasteiger charge is -2.36. The summed E-state index contributed by atoms with van der Waals surface area (Å²) < 4.78 is 23.4. The highest BCUT2D eigenvalue weighted by Crippen LogP contribution is 2.51. The number of aliphatic hydroxyl groups is 1. The summed E-state index contributed by atoms with van der Waals surface area (Å²) in [6.45, 7) is 11.1. The number of aliphatic hydroxyl groups excluding tert-OH is 1. The molecule has 7 atom stereocenters. The van der Waals surface area contributed by atoms with Crippen LogP contribution in [0.1, 0.15) is 47.0 Å². The Bertz CT molecular complexity index is 644. The zero-order chi connectivity index (χ0) is 20.1. The van der Waals surface area contributed by atoms with Gasteiger partial charge in [-0.05, 0) is 13.3 Å². The van der Waals surface area contributed by atoms with Crippen molar-refractivity contribution in [3.8, 4) is 0 Å². The fraction of sp³-hybridized carbons (Fsp3) is 0.800. The fourth-order valence-electron chi connectivity index (χ4n) is 4.56. The number of fused-ring (bicyclic) bond motifs is 3. The van der Waals surface area contributed by atoms with Crippen LogP contribution in [0.4, 0.5) is 0 Å². The molecule has 3 aliphatic heterocycles. The van der Waals surface area contributed by atoms with Crippen LogP contribution >= 0.6 is 0 Å². The van der Waals surface area contributed by atoms with Gasteiger partial charge in [-0.15, -0.1) is 0 Å². The van der Waals surface area contributed by atoms with Crippen LogP contribution in [0.3, 0.4) is 0 Å². The maximum absolute atomic E-state index is 12.3. The Kier molecular flexibility index (Phi) is 5.16. The normalized spacial score (nSPS) is 44.3. The summed E-state index contributed by atoms with van der Waals surface area (Å²) in [6, 6.07) is 0. The van der Waals surface area contributed by atoms with Crippen molar-refractivity contribution in [1.82, 2.24) is 0 Å². The molecular formula is C20H30O7. The summed E-state index contributed by atoms with van der Waals surface area (Å²) >= 11 is 0. The second-order valence-corrected chi connectivity index (χ2v) is 8.62. The van der Waals surface area contributed by atoms with Gasteiger partial charge in [-0.3, -0.25) is 4.79 Å². The average molecular weight is 382 g/mol. The van der Waals surface area contributed by atoms with E-state index in [1.165, 1.54) is 0 Å². The molecule has 0 aromatic carbocycles. The quantitative estimate of drug-likeness (QED) is 0.589. The largest absolute Gasteiger partial charge is 0.461 e. The van der Waals surface area contributed by atoms with E-state index in [4.69, 9.17) is 18.9 Å². The Hall–Kier alpha value is -1.44. The number of esters is 2. The molecule has 0 spiro atoms. The number of rotatable bonds is 3. The zero-order valence-corrected chi connectivity index (χ0v) is 16.7. The number of ether oxygens (including phenoxy) is 4. The molecule has 152 valence electrons. The number of methoxy groups -OCH3 is 1. The van der Waals surface area contributed by atoms with Gasteiger partial charge in [0, 0.05) is 31.4 Å². The van der Waals surface area contributed by atoms with Crippen LogP contribution in [0.25, 0.3) is 0 Å². The van der Waals surface area contributed by atoms with Crippen LogP contribution in [0, 0.1) is 17.8 Å². The second kappa shape index (κ2) is 6.87. The average Bonchev–Trinajstić information content (AvgIpc) is 3.01. The lowest BCUT2D eigenvalue weighted by Crippen LogP contribution is -2.45. The molecule has 7 nitrogen and oxygen atoms in total. The second-order valence-electron chi connectivity index (χ2n) is 8.62. The Morgan fingerprint density at radius 1 is 1.37 bits per heavy atom. The molecule has 1 N–H and O–H groups in total. The predicted molar refractivity (Wildman–Crippen MR) is 95.5 cm³/mol. The van der Waals surface area contributed by atoms with Gasteiger partial charge in [0.1, 0.15) is 12.2 Å². The summed E-state index contributed by atoms with van der Waals surface area (Å²) in [5.74, 6) is -2.75. The third-order valence-corrected chi connectivity index (χ3v) is 6.34. The van der Waals surface area contributed by atoms with Crippen molar-refractivity contribution in [2.45, 2.75) is 76.7 Å². The van der Waals surface area contributed by atoms with E-state index < -0.39 is 41.6 Å². The van der Waals surface area contributed by atoms with E-state index >= 15 is 0 Å². The fourth-order valence-corrected chi connectivity index (χ4v) is 4.56. The first-order chi connectivity index (χ1) is 12.5. The molecule has 0 unspecified atom stereocenters. The molecule has 3 fully saturated rings. The number of carbonyl (C=O) groups is 2. The number of hydrogen-bond donors (Lipinski definition) is 1. The number of carbonyl (C=O) groups excluding carboxylic acids is 2. The highest BCUT2D eigenvalue weighted by molar-refractivity contribution is 5.91. The molecule has 0 radical (unpaired) electrons. The molecule has 0 amide bonds. The van der Waals surface area contributed by atoms with E-state index in [-0.39, 0.29) is 24.2 Å². The monoisotopic (exact) mass is 382 g/mol. The van der Waals surface area contributed by atoms with Crippen molar-refractivity contribution in [2.24, 2.45) is 17.8 Å². The minimum atomic E-state index is -0.980. The van der Waals surface area contributed by atoms with Gasteiger partial charge in [0.05, 0.1) is 23.5 Å². The van der Waals surface area contributed by atoms with E-state index in [2.05, 4.69) is 6.58 Å². The first kappa shape index (κ1) is 20.3. The van der Waals surface area contributed by atoms with Gasteiger partial charge < -0.3 is 24.1 Å². The first-order valence-corrected chi connectivity index (χ1v) is 9.56. The van der Waals surface area contributed by atoms with Crippen LogP contribution in [-0.4, -0.2) is 53.9 Å². The molecular weight excluding hydrogens is 352 g/mol. The van der Waals surface area contributed by atoms with Gasteiger partial charge in [0.2, 0.25) is 0 Å². The van der Waals surface area contributed by atoms with Crippen LogP contribution in [0.15, 0.2) is 12.2 Å². The maximum Gasteiger partial charge on any atom is 0.334 e. The van der Waals surface area contributed by atoms with E-state index in [0.29, 0.717) is 18.4 Å². The lowest BCUT2D eigenvalue weighted by molar-refractivity contribution is -0.267. The minimum absolute atomic E-state index is 0.148. The molecule has 7 heteroatoms. The van der Waals surface area contributed by atoms with Crippen molar-refractivity contribution in [2.75, 3.05) is 7.11 Å². The Morgan fingerprint density at radius 2 is 2.04 bits per heavy atom. The van der Waals surface area contributed by atoms with Crippen LogP contribution in [0.2, 0.25) is 0 Å². The van der Waals surface area contributed by atoms with Gasteiger partial charge in [-0.25, -0.2) is 4.79 Å². The molecule has 0 aromatic heterocycles. The van der Waals surface area contributed by atoms with Crippen molar-refractivity contribution in [1.29, 1.82) is 0 Å².